The lowest BCUT2D eigenvalue weighted by Gasteiger charge is -2.14. The van der Waals surface area contributed by atoms with Crippen molar-refractivity contribution in [3.8, 4) is 12.1 Å². The van der Waals surface area contributed by atoms with Crippen LogP contribution in [-0.4, -0.2) is 6.54 Å². The molecule has 0 spiro atoms. The van der Waals surface area contributed by atoms with Gasteiger partial charge in [0.15, 0.2) is 0 Å². The Morgan fingerprint density at radius 1 is 1.26 bits per heavy atom. The van der Waals surface area contributed by atoms with Crippen LogP contribution >= 0.6 is 15.9 Å². The molecule has 0 fully saturated rings. The molecule has 0 saturated carbocycles. The highest BCUT2D eigenvalue weighted by atomic mass is 79.9. The van der Waals surface area contributed by atoms with Gasteiger partial charge in [0.05, 0.1) is 22.7 Å². The number of unbranched alkanes of at least 4 members (excludes halogenated alkanes) is 1. The molecule has 0 aliphatic heterocycles. The van der Waals surface area contributed by atoms with Crippen LogP contribution in [0.2, 0.25) is 0 Å². The summed E-state index contributed by atoms with van der Waals surface area (Å²) in [4.78, 5) is 0. The minimum Gasteiger partial charge on any atom is -0.384 e. The highest BCUT2D eigenvalue weighted by Gasteiger charge is 2.15. The summed E-state index contributed by atoms with van der Waals surface area (Å²) in [6.45, 7) is 4.73. The molecule has 0 saturated heterocycles. The standard InChI is InChI=1S/C15H18BrN3/c1-15(2,11-18)7-3-4-8-19-14-9-13(16)6-5-12(14)10-17/h5-6,9,19H,3-4,7-8H2,1-2H3. The summed E-state index contributed by atoms with van der Waals surface area (Å²) in [5.74, 6) is 0. The average Bonchev–Trinajstić information content (AvgIpc) is 2.38. The van der Waals surface area contributed by atoms with E-state index >= 15 is 0 Å². The first-order chi connectivity index (χ1) is 8.98. The van der Waals surface area contributed by atoms with Crippen LogP contribution in [0.15, 0.2) is 22.7 Å². The molecule has 0 bridgehead atoms. The molecule has 0 aliphatic carbocycles. The van der Waals surface area contributed by atoms with Gasteiger partial charge in [-0.25, -0.2) is 0 Å². The molecule has 0 atom stereocenters. The summed E-state index contributed by atoms with van der Waals surface area (Å²) in [5.41, 5.74) is 1.27. The van der Waals surface area contributed by atoms with Crippen molar-refractivity contribution >= 4 is 21.6 Å². The second-order valence-corrected chi connectivity index (χ2v) is 6.10. The molecule has 100 valence electrons. The third-order valence-electron chi connectivity index (χ3n) is 2.95. The van der Waals surface area contributed by atoms with Crippen LogP contribution < -0.4 is 5.32 Å². The van der Waals surface area contributed by atoms with Gasteiger partial charge in [-0.15, -0.1) is 0 Å². The Kier molecular flexibility index (Phi) is 5.86. The van der Waals surface area contributed by atoms with Gasteiger partial charge in [-0.2, -0.15) is 10.5 Å². The molecule has 0 unspecified atom stereocenters. The number of halogens is 1. The maximum Gasteiger partial charge on any atom is 0.101 e. The summed E-state index contributed by atoms with van der Waals surface area (Å²) < 4.78 is 0.958. The van der Waals surface area contributed by atoms with E-state index in [1.54, 1.807) is 6.07 Å². The van der Waals surface area contributed by atoms with Crippen molar-refractivity contribution in [2.75, 3.05) is 11.9 Å². The molecule has 0 amide bonds. The number of benzene rings is 1. The maximum absolute atomic E-state index is 9.01. The zero-order chi connectivity index (χ0) is 14.3. The van der Waals surface area contributed by atoms with Crippen molar-refractivity contribution in [3.05, 3.63) is 28.2 Å². The van der Waals surface area contributed by atoms with E-state index in [1.807, 2.05) is 26.0 Å². The number of hydrogen-bond acceptors (Lipinski definition) is 3. The quantitative estimate of drug-likeness (QED) is 0.788. The van der Waals surface area contributed by atoms with Crippen LogP contribution in [-0.2, 0) is 0 Å². The normalized spacial score (nSPS) is 10.6. The van der Waals surface area contributed by atoms with Crippen molar-refractivity contribution in [1.29, 1.82) is 10.5 Å². The predicted molar refractivity (Wildman–Crippen MR) is 80.6 cm³/mol. The van der Waals surface area contributed by atoms with Gasteiger partial charge in [0.2, 0.25) is 0 Å². The van der Waals surface area contributed by atoms with Crippen LogP contribution in [0.3, 0.4) is 0 Å². The van der Waals surface area contributed by atoms with Crippen molar-refractivity contribution in [3.63, 3.8) is 0 Å². The fourth-order valence-electron chi connectivity index (χ4n) is 1.73. The lowest BCUT2D eigenvalue weighted by molar-refractivity contribution is 0.430. The van der Waals surface area contributed by atoms with Crippen LogP contribution in [0.4, 0.5) is 5.69 Å². The van der Waals surface area contributed by atoms with Crippen LogP contribution in [0, 0.1) is 28.1 Å². The topological polar surface area (TPSA) is 59.6 Å². The van der Waals surface area contributed by atoms with Gasteiger partial charge >= 0.3 is 0 Å². The molecular weight excluding hydrogens is 302 g/mol. The second-order valence-electron chi connectivity index (χ2n) is 5.18. The van der Waals surface area contributed by atoms with E-state index in [-0.39, 0.29) is 5.41 Å². The summed E-state index contributed by atoms with van der Waals surface area (Å²) in [6, 6.07) is 10.0. The van der Waals surface area contributed by atoms with Gasteiger partial charge in [-0.1, -0.05) is 22.4 Å². The smallest absolute Gasteiger partial charge is 0.101 e. The largest absolute Gasteiger partial charge is 0.384 e. The first-order valence-electron chi connectivity index (χ1n) is 6.33. The van der Waals surface area contributed by atoms with Crippen LogP contribution in [0.1, 0.15) is 38.7 Å². The summed E-state index contributed by atoms with van der Waals surface area (Å²) in [6.07, 6.45) is 2.89. The van der Waals surface area contributed by atoms with Gasteiger partial charge in [0.25, 0.3) is 0 Å². The van der Waals surface area contributed by atoms with Gasteiger partial charge < -0.3 is 5.32 Å². The second kappa shape index (κ2) is 7.16. The van der Waals surface area contributed by atoms with E-state index < -0.39 is 0 Å². The monoisotopic (exact) mass is 319 g/mol. The highest BCUT2D eigenvalue weighted by Crippen LogP contribution is 2.23. The third-order valence-corrected chi connectivity index (χ3v) is 3.44. The molecule has 1 N–H and O–H groups in total. The average molecular weight is 320 g/mol. The fourth-order valence-corrected chi connectivity index (χ4v) is 2.09. The van der Waals surface area contributed by atoms with Crippen molar-refractivity contribution in [1.82, 2.24) is 0 Å². The Hall–Kier alpha value is -1.52. The van der Waals surface area contributed by atoms with Crippen molar-refractivity contribution < 1.29 is 0 Å². The first-order valence-corrected chi connectivity index (χ1v) is 7.12. The molecule has 0 heterocycles. The number of nitrogens with one attached hydrogen (secondary N) is 1. The molecule has 0 aliphatic rings. The van der Waals surface area contributed by atoms with E-state index in [0.717, 1.165) is 36.0 Å². The Morgan fingerprint density at radius 2 is 2.00 bits per heavy atom. The van der Waals surface area contributed by atoms with Crippen molar-refractivity contribution in [2.45, 2.75) is 33.1 Å². The van der Waals surface area contributed by atoms with E-state index in [1.165, 1.54) is 0 Å². The SMILES string of the molecule is CC(C)(C#N)CCCCNc1cc(Br)ccc1C#N. The number of nitrogens with zero attached hydrogens (tertiary/aromatic N) is 2. The molecule has 1 rings (SSSR count). The lowest BCUT2D eigenvalue weighted by atomic mass is 9.89. The molecule has 3 nitrogen and oxygen atoms in total. The minimum absolute atomic E-state index is 0.242. The van der Waals surface area contributed by atoms with E-state index in [4.69, 9.17) is 10.5 Å². The van der Waals surface area contributed by atoms with E-state index in [2.05, 4.69) is 33.4 Å². The molecule has 19 heavy (non-hydrogen) atoms. The molecule has 0 radical (unpaired) electrons. The molecular formula is C15H18BrN3. The lowest BCUT2D eigenvalue weighted by Crippen LogP contribution is -2.09. The minimum atomic E-state index is -0.242. The van der Waals surface area contributed by atoms with Crippen molar-refractivity contribution in [2.24, 2.45) is 5.41 Å². The Bertz CT molecular complexity index is 509. The number of nitriles is 2. The zero-order valence-electron chi connectivity index (χ0n) is 11.3. The van der Waals surface area contributed by atoms with Gasteiger partial charge in [-0.05, 0) is 44.9 Å². The Labute approximate surface area is 123 Å². The third kappa shape index (κ3) is 5.32. The molecule has 4 heteroatoms. The summed E-state index contributed by atoms with van der Waals surface area (Å²) in [7, 11) is 0. The fraction of sp³-hybridized carbons (Fsp3) is 0.467. The zero-order valence-corrected chi connectivity index (χ0v) is 12.9. The summed E-state index contributed by atoms with van der Waals surface area (Å²) in [5, 5.41) is 21.2. The molecule has 1 aromatic carbocycles. The van der Waals surface area contributed by atoms with E-state index in [9.17, 15) is 0 Å². The van der Waals surface area contributed by atoms with E-state index in [0.29, 0.717) is 5.56 Å². The Morgan fingerprint density at radius 3 is 2.63 bits per heavy atom. The van der Waals surface area contributed by atoms with Gasteiger partial charge in [-0.3, -0.25) is 0 Å². The first kappa shape index (κ1) is 15.5. The number of rotatable bonds is 6. The highest BCUT2D eigenvalue weighted by molar-refractivity contribution is 9.10. The van der Waals surface area contributed by atoms with Crippen LogP contribution in [0.5, 0.6) is 0 Å². The molecule has 0 aromatic heterocycles. The predicted octanol–water partition coefficient (Wildman–Crippen LogP) is 4.45. The number of hydrogen-bond donors (Lipinski definition) is 1. The number of anilines is 1. The van der Waals surface area contributed by atoms with Gasteiger partial charge in [0, 0.05) is 11.0 Å². The van der Waals surface area contributed by atoms with Crippen LogP contribution in [0.25, 0.3) is 0 Å². The Balaban J connectivity index is 2.41. The van der Waals surface area contributed by atoms with Gasteiger partial charge in [0.1, 0.15) is 6.07 Å². The molecule has 1 aromatic rings. The summed E-state index contributed by atoms with van der Waals surface area (Å²) >= 11 is 3.40. The maximum atomic E-state index is 9.01.